The molecule has 6 heteroatoms. The molecular weight excluding hydrogens is 406 g/mol. The van der Waals surface area contributed by atoms with Gasteiger partial charge in [-0.15, -0.1) is 0 Å². The summed E-state index contributed by atoms with van der Waals surface area (Å²) < 4.78 is 16.5. The van der Waals surface area contributed by atoms with Gasteiger partial charge < -0.3 is 19.1 Å². The molecule has 0 bridgehead atoms. The molecule has 176 valence electrons. The van der Waals surface area contributed by atoms with E-state index >= 15 is 0 Å². The molecule has 1 aliphatic heterocycles. The van der Waals surface area contributed by atoms with Gasteiger partial charge in [-0.1, -0.05) is 38.0 Å². The van der Waals surface area contributed by atoms with Crippen LogP contribution in [0.5, 0.6) is 11.5 Å². The van der Waals surface area contributed by atoms with Crippen LogP contribution in [0.15, 0.2) is 24.8 Å². The van der Waals surface area contributed by atoms with Gasteiger partial charge in [0.15, 0.2) is 11.5 Å². The van der Waals surface area contributed by atoms with Crippen molar-refractivity contribution in [1.82, 2.24) is 4.90 Å². The van der Waals surface area contributed by atoms with E-state index in [4.69, 9.17) is 14.2 Å². The van der Waals surface area contributed by atoms with Crippen molar-refractivity contribution >= 4 is 11.9 Å². The topological polar surface area (TPSA) is 65.1 Å². The van der Waals surface area contributed by atoms with Crippen LogP contribution in [-0.2, 0) is 14.3 Å². The van der Waals surface area contributed by atoms with Gasteiger partial charge in [-0.2, -0.15) is 0 Å². The van der Waals surface area contributed by atoms with Gasteiger partial charge in [0.25, 0.3) is 0 Å². The van der Waals surface area contributed by atoms with E-state index in [1.807, 2.05) is 19.1 Å². The molecule has 1 aliphatic carbocycles. The third kappa shape index (κ3) is 5.28. The van der Waals surface area contributed by atoms with Gasteiger partial charge in [0.2, 0.25) is 5.91 Å². The van der Waals surface area contributed by atoms with Crippen LogP contribution in [0.25, 0.3) is 0 Å². The molecular formula is C26H37NO5. The Kier molecular flexibility index (Phi) is 8.60. The first-order valence-corrected chi connectivity index (χ1v) is 11.8. The van der Waals surface area contributed by atoms with Crippen molar-refractivity contribution in [2.24, 2.45) is 5.92 Å². The summed E-state index contributed by atoms with van der Waals surface area (Å²) in [6.45, 7) is 6.35. The predicted molar refractivity (Wildman–Crippen MR) is 124 cm³/mol. The van der Waals surface area contributed by atoms with Crippen molar-refractivity contribution in [3.05, 3.63) is 35.9 Å². The molecule has 2 atom stereocenters. The highest BCUT2D eigenvalue weighted by Crippen LogP contribution is 2.42. The number of nitrogens with zero attached hydrogens (tertiary/aromatic N) is 1. The fourth-order valence-corrected chi connectivity index (χ4v) is 5.30. The molecule has 1 saturated heterocycles. The predicted octanol–water partition coefficient (Wildman–Crippen LogP) is 4.79. The van der Waals surface area contributed by atoms with Gasteiger partial charge in [-0.05, 0) is 62.1 Å². The van der Waals surface area contributed by atoms with Crippen molar-refractivity contribution < 1.29 is 23.8 Å². The van der Waals surface area contributed by atoms with E-state index in [9.17, 15) is 9.59 Å². The van der Waals surface area contributed by atoms with E-state index in [-0.39, 0.29) is 30.3 Å². The number of benzene rings is 1. The largest absolute Gasteiger partial charge is 0.493 e. The van der Waals surface area contributed by atoms with E-state index in [0.717, 1.165) is 49.7 Å². The van der Waals surface area contributed by atoms with Crippen LogP contribution in [0.4, 0.5) is 0 Å². The van der Waals surface area contributed by atoms with Crippen LogP contribution in [0.1, 0.15) is 68.4 Å². The van der Waals surface area contributed by atoms with Crippen LogP contribution >= 0.6 is 0 Å². The number of likely N-dealkylation sites (tertiary alicyclic amines) is 1. The number of piperidine rings is 1. The highest BCUT2D eigenvalue weighted by atomic mass is 16.5. The number of rotatable bonds is 8. The minimum absolute atomic E-state index is 0.0313. The minimum atomic E-state index is -0.525. The smallest absolute Gasteiger partial charge is 0.329 e. The number of ether oxygens (including phenoxy) is 3. The molecule has 0 aromatic heterocycles. The van der Waals surface area contributed by atoms with Gasteiger partial charge >= 0.3 is 5.97 Å². The molecule has 32 heavy (non-hydrogen) atoms. The second kappa shape index (κ2) is 11.4. The molecule has 1 aromatic rings. The Balaban J connectivity index is 1.98. The second-order valence-electron chi connectivity index (χ2n) is 8.91. The van der Waals surface area contributed by atoms with E-state index in [2.05, 4.69) is 6.58 Å². The standard InChI is InChI=1S/C26H37NO5/c1-5-15-32-26(29)21-13-9-10-14-27(21)25(28)23(19-11-7-6-8-12-19)20-16-18(2)24(31-4)22(17-20)30-3/h5,16-17,19,21,23H,1,6-15H2,2-4H3/t21-,23-/m0/s1. The zero-order valence-electron chi connectivity index (χ0n) is 19.7. The number of esters is 1. The summed E-state index contributed by atoms with van der Waals surface area (Å²) in [6.07, 6.45) is 9.53. The number of hydrogen-bond acceptors (Lipinski definition) is 5. The van der Waals surface area contributed by atoms with Crippen molar-refractivity contribution in [3.63, 3.8) is 0 Å². The maximum Gasteiger partial charge on any atom is 0.329 e. The SMILES string of the molecule is C=CCOC(=O)[C@@H]1CCCCN1C(=O)[C@H](c1cc(C)c(OC)c(OC)c1)C1CCCCC1. The Labute approximate surface area is 191 Å². The number of carbonyl (C=O) groups is 2. The van der Waals surface area contributed by atoms with E-state index in [0.29, 0.717) is 24.5 Å². The minimum Gasteiger partial charge on any atom is -0.493 e. The third-order valence-electron chi connectivity index (χ3n) is 6.83. The van der Waals surface area contributed by atoms with Crippen LogP contribution in [0.2, 0.25) is 0 Å². The summed E-state index contributed by atoms with van der Waals surface area (Å²) in [5.74, 6) is 0.974. The Bertz CT molecular complexity index is 815. The first-order chi connectivity index (χ1) is 15.5. The normalized spacial score (nSPS) is 20.3. The molecule has 1 heterocycles. The van der Waals surface area contributed by atoms with Gasteiger partial charge in [-0.3, -0.25) is 4.79 Å². The molecule has 1 aromatic carbocycles. The molecule has 3 rings (SSSR count). The summed E-state index contributed by atoms with van der Waals surface area (Å²) in [5.41, 5.74) is 1.89. The fraction of sp³-hybridized carbons (Fsp3) is 0.615. The Hall–Kier alpha value is -2.50. The molecule has 0 unspecified atom stereocenters. The van der Waals surface area contributed by atoms with Crippen molar-refractivity contribution in [2.45, 2.75) is 70.3 Å². The van der Waals surface area contributed by atoms with Crippen molar-refractivity contribution in [2.75, 3.05) is 27.4 Å². The quantitative estimate of drug-likeness (QED) is 0.427. The van der Waals surface area contributed by atoms with Crippen LogP contribution in [-0.4, -0.2) is 50.2 Å². The summed E-state index contributed by atoms with van der Waals surface area (Å²) in [5, 5.41) is 0. The Morgan fingerprint density at radius 3 is 2.47 bits per heavy atom. The molecule has 6 nitrogen and oxygen atoms in total. The van der Waals surface area contributed by atoms with Crippen molar-refractivity contribution in [1.29, 1.82) is 0 Å². The number of amides is 1. The van der Waals surface area contributed by atoms with Crippen LogP contribution in [0, 0.1) is 12.8 Å². The summed E-state index contributed by atoms with van der Waals surface area (Å²) in [6, 6.07) is 3.47. The highest BCUT2D eigenvalue weighted by molar-refractivity contribution is 5.89. The average molecular weight is 444 g/mol. The van der Waals surface area contributed by atoms with Gasteiger partial charge in [0, 0.05) is 6.54 Å². The van der Waals surface area contributed by atoms with E-state index in [1.165, 1.54) is 6.42 Å². The van der Waals surface area contributed by atoms with Gasteiger partial charge in [-0.25, -0.2) is 4.79 Å². The maximum absolute atomic E-state index is 14.1. The van der Waals surface area contributed by atoms with E-state index < -0.39 is 6.04 Å². The molecule has 1 saturated carbocycles. The average Bonchev–Trinajstić information content (AvgIpc) is 2.82. The molecule has 0 radical (unpaired) electrons. The lowest BCUT2D eigenvalue weighted by Gasteiger charge is -2.39. The monoisotopic (exact) mass is 443 g/mol. The number of carbonyl (C=O) groups excluding carboxylic acids is 2. The Morgan fingerprint density at radius 1 is 1.09 bits per heavy atom. The number of methoxy groups -OCH3 is 2. The number of hydrogen-bond donors (Lipinski definition) is 0. The zero-order valence-corrected chi connectivity index (χ0v) is 19.7. The summed E-state index contributed by atoms with van der Waals surface area (Å²) in [7, 11) is 3.25. The molecule has 0 N–H and O–H groups in total. The van der Waals surface area contributed by atoms with Gasteiger partial charge in [0.05, 0.1) is 20.1 Å². The molecule has 2 aliphatic rings. The first-order valence-electron chi connectivity index (χ1n) is 11.8. The van der Waals surface area contributed by atoms with Crippen molar-refractivity contribution in [3.8, 4) is 11.5 Å². The lowest BCUT2D eigenvalue weighted by atomic mass is 9.75. The van der Waals surface area contributed by atoms with Crippen LogP contribution in [0.3, 0.4) is 0 Å². The Morgan fingerprint density at radius 2 is 1.81 bits per heavy atom. The van der Waals surface area contributed by atoms with Gasteiger partial charge in [0.1, 0.15) is 12.6 Å². The third-order valence-corrected chi connectivity index (χ3v) is 6.83. The fourth-order valence-electron chi connectivity index (χ4n) is 5.30. The van der Waals surface area contributed by atoms with Crippen LogP contribution < -0.4 is 9.47 Å². The lowest BCUT2D eigenvalue weighted by molar-refractivity contribution is -0.157. The lowest BCUT2D eigenvalue weighted by Crippen LogP contribution is -2.51. The second-order valence-corrected chi connectivity index (χ2v) is 8.91. The molecule has 2 fully saturated rings. The number of aryl methyl sites for hydroxylation is 1. The zero-order chi connectivity index (χ0) is 23.1. The molecule has 0 spiro atoms. The maximum atomic E-state index is 14.1. The highest BCUT2D eigenvalue weighted by Gasteiger charge is 2.40. The molecule has 1 amide bonds. The summed E-state index contributed by atoms with van der Waals surface area (Å²) >= 11 is 0. The first kappa shape index (κ1) is 24.1. The van der Waals surface area contributed by atoms with E-state index in [1.54, 1.807) is 25.2 Å². The summed E-state index contributed by atoms with van der Waals surface area (Å²) in [4.78, 5) is 28.6.